The van der Waals surface area contributed by atoms with Gasteiger partial charge in [0.05, 0.1) is 7.11 Å². The fraction of sp³-hybridized carbons (Fsp3) is 0.316. The highest BCUT2D eigenvalue weighted by atomic mass is 16.5. The Morgan fingerprint density at radius 2 is 1.96 bits per heavy atom. The average molecular weight is 311 g/mol. The minimum absolute atomic E-state index is 0.0141. The monoisotopic (exact) mass is 311 g/mol. The smallest absolute Gasteiger partial charge is 0.268 e. The number of para-hydroxylation sites is 1. The van der Waals surface area contributed by atoms with E-state index in [-0.39, 0.29) is 5.91 Å². The lowest BCUT2D eigenvalue weighted by molar-refractivity contribution is -0.125. The van der Waals surface area contributed by atoms with Crippen molar-refractivity contribution in [3.8, 4) is 11.5 Å². The van der Waals surface area contributed by atoms with Gasteiger partial charge in [-0.2, -0.15) is 0 Å². The van der Waals surface area contributed by atoms with Crippen LogP contribution in [-0.4, -0.2) is 25.7 Å². The summed E-state index contributed by atoms with van der Waals surface area (Å²) in [5, 5.41) is 0. The molecule has 1 aliphatic rings. The first-order chi connectivity index (χ1) is 11.2. The lowest BCUT2D eigenvalue weighted by Gasteiger charge is -2.24. The Hall–Kier alpha value is -2.49. The van der Waals surface area contributed by atoms with Crippen LogP contribution >= 0.6 is 0 Å². The number of methoxy groups -OCH3 is 1. The second kappa shape index (κ2) is 6.73. The SMILES string of the molecule is CC[C@@H](Oc1cccc(OC)c1)C(=O)N1CCc2ccccc21. The number of ether oxygens (including phenoxy) is 2. The molecule has 0 radical (unpaired) electrons. The van der Waals surface area contributed by atoms with E-state index in [1.807, 2.05) is 48.2 Å². The van der Waals surface area contributed by atoms with Gasteiger partial charge in [0.25, 0.3) is 5.91 Å². The Kier molecular flexibility index (Phi) is 4.51. The molecule has 120 valence electrons. The molecule has 0 saturated heterocycles. The van der Waals surface area contributed by atoms with E-state index in [9.17, 15) is 4.79 Å². The standard InChI is InChI=1S/C19H21NO3/c1-3-18(23-16-9-6-8-15(13-16)22-2)19(21)20-12-11-14-7-4-5-10-17(14)20/h4-10,13,18H,3,11-12H2,1-2H3/t18-/m1/s1. The molecule has 1 heterocycles. The summed E-state index contributed by atoms with van der Waals surface area (Å²) >= 11 is 0. The van der Waals surface area contributed by atoms with E-state index < -0.39 is 6.10 Å². The highest BCUT2D eigenvalue weighted by Crippen LogP contribution is 2.29. The van der Waals surface area contributed by atoms with Crippen LogP contribution in [0.3, 0.4) is 0 Å². The summed E-state index contributed by atoms with van der Waals surface area (Å²) in [7, 11) is 1.61. The number of hydrogen-bond donors (Lipinski definition) is 0. The minimum Gasteiger partial charge on any atom is -0.497 e. The topological polar surface area (TPSA) is 38.8 Å². The zero-order valence-corrected chi connectivity index (χ0v) is 13.5. The molecule has 0 aliphatic carbocycles. The molecular formula is C19H21NO3. The lowest BCUT2D eigenvalue weighted by atomic mass is 10.2. The van der Waals surface area contributed by atoms with Crippen molar-refractivity contribution < 1.29 is 14.3 Å². The number of benzene rings is 2. The Morgan fingerprint density at radius 3 is 2.74 bits per heavy atom. The second-order valence-electron chi connectivity index (χ2n) is 5.56. The number of rotatable bonds is 5. The van der Waals surface area contributed by atoms with E-state index in [4.69, 9.17) is 9.47 Å². The van der Waals surface area contributed by atoms with Crippen molar-refractivity contribution in [1.29, 1.82) is 0 Å². The zero-order chi connectivity index (χ0) is 16.2. The van der Waals surface area contributed by atoms with Crippen LogP contribution in [0, 0.1) is 0 Å². The maximum atomic E-state index is 12.9. The van der Waals surface area contributed by atoms with Gasteiger partial charge < -0.3 is 14.4 Å². The zero-order valence-electron chi connectivity index (χ0n) is 13.5. The highest BCUT2D eigenvalue weighted by molar-refractivity contribution is 5.98. The van der Waals surface area contributed by atoms with Crippen molar-refractivity contribution in [2.24, 2.45) is 0 Å². The van der Waals surface area contributed by atoms with Crippen molar-refractivity contribution >= 4 is 11.6 Å². The van der Waals surface area contributed by atoms with E-state index in [1.54, 1.807) is 13.2 Å². The van der Waals surface area contributed by atoms with Crippen LogP contribution in [0.1, 0.15) is 18.9 Å². The van der Waals surface area contributed by atoms with E-state index in [1.165, 1.54) is 5.56 Å². The molecule has 0 aromatic heterocycles. The number of anilines is 1. The summed E-state index contributed by atoms with van der Waals surface area (Å²) in [6.45, 7) is 2.68. The van der Waals surface area contributed by atoms with Gasteiger partial charge in [-0.15, -0.1) is 0 Å². The summed E-state index contributed by atoms with van der Waals surface area (Å²) in [6.07, 6.45) is 1.03. The molecule has 0 unspecified atom stereocenters. The van der Waals surface area contributed by atoms with Gasteiger partial charge in [-0.05, 0) is 36.6 Å². The molecule has 3 rings (SSSR count). The molecule has 23 heavy (non-hydrogen) atoms. The molecule has 1 amide bonds. The van der Waals surface area contributed by atoms with Crippen molar-refractivity contribution in [2.45, 2.75) is 25.9 Å². The molecule has 4 heteroatoms. The van der Waals surface area contributed by atoms with Crippen molar-refractivity contribution in [3.05, 3.63) is 54.1 Å². The van der Waals surface area contributed by atoms with Gasteiger partial charge in [0.1, 0.15) is 11.5 Å². The predicted octanol–water partition coefficient (Wildman–Crippen LogP) is 3.44. The van der Waals surface area contributed by atoms with E-state index in [0.29, 0.717) is 12.2 Å². The van der Waals surface area contributed by atoms with Gasteiger partial charge in [0.2, 0.25) is 0 Å². The molecular weight excluding hydrogens is 290 g/mol. The fourth-order valence-electron chi connectivity index (χ4n) is 2.89. The van der Waals surface area contributed by atoms with Crippen LogP contribution in [-0.2, 0) is 11.2 Å². The Labute approximate surface area is 136 Å². The van der Waals surface area contributed by atoms with Crippen LogP contribution < -0.4 is 14.4 Å². The molecule has 2 aromatic rings. The van der Waals surface area contributed by atoms with Crippen LogP contribution in [0.5, 0.6) is 11.5 Å². The molecule has 1 aliphatic heterocycles. The van der Waals surface area contributed by atoms with Crippen LogP contribution in [0.15, 0.2) is 48.5 Å². The van der Waals surface area contributed by atoms with Gasteiger partial charge in [0, 0.05) is 18.3 Å². The lowest BCUT2D eigenvalue weighted by Crippen LogP contribution is -2.41. The number of fused-ring (bicyclic) bond motifs is 1. The molecule has 0 bridgehead atoms. The van der Waals surface area contributed by atoms with Crippen molar-refractivity contribution in [1.82, 2.24) is 0 Å². The van der Waals surface area contributed by atoms with Crippen LogP contribution in [0.2, 0.25) is 0 Å². The average Bonchev–Trinajstić information content (AvgIpc) is 3.03. The molecule has 0 N–H and O–H groups in total. The first kappa shape index (κ1) is 15.4. The Balaban J connectivity index is 1.77. The molecule has 0 spiro atoms. The first-order valence-electron chi connectivity index (χ1n) is 7.93. The first-order valence-corrected chi connectivity index (χ1v) is 7.93. The second-order valence-corrected chi connectivity index (χ2v) is 5.56. The van der Waals surface area contributed by atoms with Crippen molar-refractivity contribution in [3.63, 3.8) is 0 Å². The van der Waals surface area contributed by atoms with Crippen LogP contribution in [0.25, 0.3) is 0 Å². The molecule has 4 nitrogen and oxygen atoms in total. The van der Waals surface area contributed by atoms with E-state index in [0.717, 1.165) is 24.4 Å². The predicted molar refractivity (Wildman–Crippen MR) is 90.2 cm³/mol. The third-order valence-corrected chi connectivity index (χ3v) is 4.12. The quantitative estimate of drug-likeness (QED) is 0.849. The summed E-state index contributed by atoms with van der Waals surface area (Å²) < 4.78 is 11.1. The number of carbonyl (C=O) groups is 1. The molecule has 0 fully saturated rings. The largest absolute Gasteiger partial charge is 0.497 e. The molecule has 0 saturated carbocycles. The third-order valence-electron chi connectivity index (χ3n) is 4.12. The normalized spacial score (nSPS) is 14.3. The summed E-state index contributed by atoms with van der Waals surface area (Å²) in [5.41, 5.74) is 2.22. The summed E-state index contributed by atoms with van der Waals surface area (Å²) in [5.74, 6) is 1.38. The minimum atomic E-state index is -0.492. The van der Waals surface area contributed by atoms with Gasteiger partial charge in [-0.25, -0.2) is 0 Å². The number of hydrogen-bond acceptors (Lipinski definition) is 3. The number of amides is 1. The van der Waals surface area contributed by atoms with E-state index in [2.05, 4.69) is 6.07 Å². The molecule has 1 atom stereocenters. The number of carbonyl (C=O) groups excluding carboxylic acids is 1. The highest BCUT2D eigenvalue weighted by Gasteiger charge is 2.30. The maximum absolute atomic E-state index is 12.9. The van der Waals surface area contributed by atoms with Gasteiger partial charge >= 0.3 is 0 Å². The van der Waals surface area contributed by atoms with Gasteiger partial charge in [-0.3, -0.25) is 4.79 Å². The van der Waals surface area contributed by atoms with Crippen molar-refractivity contribution in [2.75, 3.05) is 18.6 Å². The Bertz CT molecular complexity index is 699. The maximum Gasteiger partial charge on any atom is 0.268 e. The summed E-state index contributed by atoms with van der Waals surface area (Å²) in [6, 6.07) is 15.4. The fourth-order valence-corrected chi connectivity index (χ4v) is 2.89. The number of nitrogens with zero attached hydrogens (tertiary/aromatic N) is 1. The van der Waals surface area contributed by atoms with Gasteiger partial charge in [-0.1, -0.05) is 31.2 Å². The summed E-state index contributed by atoms with van der Waals surface area (Å²) in [4.78, 5) is 14.7. The van der Waals surface area contributed by atoms with Gasteiger partial charge in [0.15, 0.2) is 6.10 Å². The van der Waals surface area contributed by atoms with Crippen LogP contribution in [0.4, 0.5) is 5.69 Å². The molecule has 2 aromatic carbocycles. The van der Waals surface area contributed by atoms with E-state index >= 15 is 0 Å². The Morgan fingerprint density at radius 1 is 1.17 bits per heavy atom. The third kappa shape index (κ3) is 3.16.